The number of nitrogens with zero attached hydrogens (tertiary/aromatic N) is 2. The zero-order valence-electron chi connectivity index (χ0n) is 10.5. The Hall–Kier alpha value is -1.39. The number of thiazole rings is 1. The van der Waals surface area contributed by atoms with E-state index in [0.29, 0.717) is 5.02 Å². The topological polar surface area (TPSA) is 33.2 Å². The van der Waals surface area contributed by atoms with Crippen molar-refractivity contribution >= 4 is 34.0 Å². The first-order chi connectivity index (χ1) is 9.15. The number of carbonyl (C=O) groups is 1. The van der Waals surface area contributed by atoms with Crippen molar-refractivity contribution in [1.82, 2.24) is 4.98 Å². The smallest absolute Gasteiger partial charge is 0.231 e. The molecule has 1 aromatic carbocycles. The summed E-state index contributed by atoms with van der Waals surface area (Å²) >= 11 is 7.36. The molecule has 0 aliphatic heterocycles. The second kappa shape index (κ2) is 4.94. The molecule has 0 bridgehead atoms. The van der Waals surface area contributed by atoms with Gasteiger partial charge in [-0.15, -0.1) is 11.3 Å². The molecule has 0 N–H and O–H groups in total. The van der Waals surface area contributed by atoms with Gasteiger partial charge in [0, 0.05) is 28.9 Å². The number of carbonyl (C=O) groups excluding carboxylic acids is 1. The van der Waals surface area contributed by atoms with Crippen molar-refractivity contribution in [3.8, 4) is 11.3 Å². The normalized spacial score (nSPS) is 14.4. The molecule has 1 aromatic heterocycles. The Balaban J connectivity index is 1.82. The summed E-state index contributed by atoms with van der Waals surface area (Å²) in [5.74, 6) is 0.393. The summed E-state index contributed by atoms with van der Waals surface area (Å²) in [7, 11) is 1.80. The molecule has 3 nitrogen and oxygen atoms in total. The van der Waals surface area contributed by atoms with Crippen LogP contribution in [0.15, 0.2) is 29.6 Å². The molecular weight excluding hydrogens is 280 g/mol. The average molecular weight is 293 g/mol. The largest absolute Gasteiger partial charge is 0.291 e. The van der Waals surface area contributed by atoms with Crippen LogP contribution in [0.2, 0.25) is 5.02 Å². The summed E-state index contributed by atoms with van der Waals surface area (Å²) in [6.07, 6.45) is 2.02. The van der Waals surface area contributed by atoms with Crippen molar-refractivity contribution in [2.24, 2.45) is 5.92 Å². The third kappa shape index (κ3) is 2.65. The maximum atomic E-state index is 12.0. The number of aromatic nitrogens is 1. The molecular formula is C14H13ClN2OS. The first-order valence-corrected chi connectivity index (χ1v) is 7.40. The van der Waals surface area contributed by atoms with Crippen molar-refractivity contribution in [2.75, 3.05) is 11.9 Å². The van der Waals surface area contributed by atoms with E-state index in [2.05, 4.69) is 4.98 Å². The standard InChI is InChI=1S/C14H13ClN2OS/c1-17(13(18)10-2-3-10)14-16-12(8-19-14)9-4-6-11(15)7-5-9/h4-8,10H,2-3H2,1H3. The van der Waals surface area contributed by atoms with Gasteiger partial charge in [0.15, 0.2) is 5.13 Å². The van der Waals surface area contributed by atoms with Gasteiger partial charge in [0.1, 0.15) is 0 Å². The second-order valence-electron chi connectivity index (χ2n) is 4.69. The summed E-state index contributed by atoms with van der Waals surface area (Å²) < 4.78 is 0. The zero-order valence-corrected chi connectivity index (χ0v) is 12.0. The van der Waals surface area contributed by atoms with Crippen LogP contribution in [0.5, 0.6) is 0 Å². The Kier molecular flexibility index (Phi) is 3.29. The lowest BCUT2D eigenvalue weighted by Crippen LogP contribution is -2.27. The van der Waals surface area contributed by atoms with E-state index in [1.165, 1.54) is 11.3 Å². The van der Waals surface area contributed by atoms with Crippen LogP contribution in [0.25, 0.3) is 11.3 Å². The molecule has 19 heavy (non-hydrogen) atoms. The van der Waals surface area contributed by atoms with Crippen LogP contribution < -0.4 is 4.90 Å². The van der Waals surface area contributed by atoms with E-state index < -0.39 is 0 Å². The number of hydrogen-bond donors (Lipinski definition) is 0. The van der Waals surface area contributed by atoms with Crippen molar-refractivity contribution in [1.29, 1.82) is 0 Å². The lowest BCUT2D eigenvalue weighted by Gasteiger charge is -2.12. The Bertz CT molecular complexity index is 604. The molecule has 1 aliphatic rings. The highest BCUT2D eigenvalue weighted by Crippen LogP contribution is 2.34. The van der Waals surface area contributed by atoms with Crippen LogP contribution >= 0.6 is 22.9 Å². The quantitative estimate of drug-likeness (QED) is 0.861. The zero-order chi connectivity index (χ0) is 13.4. The minimum absolute atomic E-state index is 0.178. The van der Waals surface area contributed by atoms with Gasteiger partial charge in [-0.2, -0.15) is 0 Å². The van der Waals surface area contributed by atoms with Crippen molar-refractivity contribution < 1.29 is 4.79 Å². The highest BCUT2D eigenvalue weighted by atomic mass is 35.5. The average Bonchev–Trinajstić information content (AvgIpc) is 3.16. The highest BCUT2D eigenvalue weighted by molar-refractivity contribution is 7.14. The van der Waals surface area contributed by atoms with E-state index in [1.54, 1.807) is 11.9 Å². The van der Waals surface area contributed by atoms with Crippen molar-refractivity contribution in [3.05, 3.63) is 34.7 Å². The molecule has 3 rings (SSSR count). The fourth-order valence-electron chi connectivity index (χ4n) is 1.87. The van der Waals surface area contributed by atoms with Gasteiger partial charge in [-0.25, -0.2) is 4.98 Å². The van der Waals surface area contributed by atoms with Crippen LogP contribution in [0.1, 0.15) is 12.8 Å². The minimum atomic E-state index is 0.178. The van der Waals surface area contributed by atoms with Gasteiger partial charge >= 0.3 is 0 Å². The van der Waals surface area contributed by atoms with Crippen LogP contribution in [-0.4, -0.2) is 17.9 Å². The molecule has 1 amide bonds. The monoisotopic (exact) mass is 292 g/mol. The Labute approximate surface area is 120 Å². The highest BCUT2D eigenvalue weighted by Gasteiger charge is 2.33. The Morgan fingerprint density at radius 2 is 2.05 bits per heavy atom. The lowest BCUT2D eigenvalue weighted by molar-refractivity contribution is -0.119. The van der Waals surface area contributed by atoms with Crippen LogP contribution in [-0.2, 0) is 4.79 Å². The van der Waals surface area contributed by atoms with Crippen LogP contribution in [0.3, 0.4) is 0 Å². The fraction of sp³-hybridized carbons (Fsp3) is 0.286. The molecule has 0 spiro atoms. The third-order valence-electron chi connectivity index (χ3n) is 3.18. The Morgan fingerprint density at radius 3 is 2.68 bits per heavy atom. The van der Waals surface area contributed by atoms with Gasteiger partial charge in [-0.05, 0) is 25.0 Å². The van der Waals surface area contributed by atoms with Gasteiger partial charge in [0.05, 0.1) is 5.69 Å². The van der Waals surface area contributed by atoms with E-state index in [0.717, 1.165) is 29.2 Å². The molecule has 5 heteroatoms. The van der Waals surface area contributed by atoms with E-state index in [-0.39, 0.29) is 11.8 Å². The summed E-state index contributed by atoms with van der Waals surface area (Å²) in [5, 5.41) is 3.43. The van der Waals surface area contributed by atoms with E-state index in [1.807, 2.05) is 29.6 Å². The van der Waals surface area contributed by atoms with Gasteiger partial charge in [-0.3, -0.25) is 9.69 Å². The molecule has 1 fully saturated rings. The number of rotatable bonds is 3. The molecule has 1 aliphatic carbocycles. The van der Waals surface area contributed by atoms with Gasteiger partial charge in [0.2, 0.25) is 5.91 Å². The third-order valence-corrected chi connectivity index (χ3v) is 4.35. The molecule has 1 heterocycles. The lowest BCUT2D eigenvalue weighted by atomic mass is 10.2. The molecule has 0 unspecified atom stereocenters. The second-order valence-corrected chi connectivity index (χ2v) is 5.97. The maximum absolute atomic E-state index is 12.0. The molecule has 2 aromatic rings. The van der Waals surface area contributed by atoms with Crippen LogP contribution in [0, 0.1) is 5.92 Å². The van der Waals surface area contributed by atoms with E-state index in [9.17, 15) is 4.79 Å². The number of anilines is 1. The number of benzene rings is 1. The SMILES string of the molecule is CN(C(=O)C1CC1)c1nc(-c2ccc(Cl)cc2)cs1. The first kappa shape index (κ1) is 12.6. The van der Waals surface area contributed by atoms with Gasteiger partial charge in [-0.1, -0.05) is 23.7 Å². The number of halogens is 1. The molecule has 0 saturated heterocycles. The van der Waals surface area contributed by atoms with Crippen molar-refractivity contribution in [2.45, 2.75) is 12.8 Å². The van der Waals surface area contributed by atoms with Gasteiger partial charge < -0.3 is 0 Å². The van der Waals surface area contributed by atoms with E-state index in [4.69, 9.17) is 11.6 Å². The molecule has 1 saturated carbocycles. The predicted molar refractivity (Wildman–Crippen MR) is 78.7 cm³/mol. The first-order valence-electron chi connectivity index (χ1n) is 6.14. The summed E-state index contributed by atoms with van der Waals surface area (Å²) in [5.41, 5.74) is 1.89. The van der Waals surface area contributed by atoms with E-state index >= 15 is 0 Å². The molecule has 0 radical (unpaired) electrons. The van der Waals surface area contributed by atoms with Crippen LogP contribution in [0.4, 0.5) is 5.13 Å². The van der Waals surface area contributed by atoms with Gasteiger partial charge in [0.25, 0.3) is 0 Å². The summed E-state index contributed by atoms with van der Waals surface area (Å²) in [6.45, 7) is 0. The maximum Gasteiger partial charge on any atom is 0.231 e. The molecule has 0 atom stereocenters. The minimum Gasteiger partial charge on any atom is -0.291 e. The Morgan fingerprint density at radius 1 is 1.37 bits per heavy atom. The predicted octanol–water partition coefficient (Wildman–Crippen LogP) is 3.84. The van der Waals surface area contributed by atoms with Crippen molar-refractivity contribution in [3.63, 3.8) is 0 Å². The number of amides is 1. The fourth-order valence-corrected chi connectivity index (χ4v) is 2.80. The summed E-state index contributed by atoms with van der Waals surface area (Å²) in [4.78, 5) is 18.2. The number of hydrogen-bond acceptors (Lipinski definition) is 3. The molecule has 98 valence electrons. The summed E-state index contributed by atoms with van der Waals surface area (Å²) in [6, 6.07) is 7.55.